The maximum Gasteiger partial charge on any atom is 0.251 e. The van der Waals surface area contributed by atoms with Crippen LogP contribution in [0.15, 0.2) is 56.7 Å². The van der Waals surface area contributed by atoms with E-state index in [-0.39, 0.29) is 16.8 Å². The number of carbonyl (C=O) groups is 1. The molecular formula is C20H21BrN2O4S2. The third-order valence-corrected chi connectivity index (χ3v) is 9.06. The van der Waals surface area contributed by atoms with Gasteiger partial charge in [0.05, 0.1) is 24.2 Å². The van der Waals surface area contributed by atoms with E-state index in [4.69, 9.17) is 4.74 Å². The molecule has 1 unspecified atom stereocenters. The molecule has 2 aromatic carbocycles. The van der Waals surface area contributed by atoms with Gasteiger partial charge in [-0.25, -0.2) is 8.42 Å². The lowest BCUT2D eigenvalue weighted by molar-refractivity contribution is 0.0730. The topological polar surface area (TPSA) is 75.7 Å². The van der Waals surface area contributed by atoms with Gasteiger partial charge in [0, 0.05) is 33.8 Å². The molecule has 6 nitrogen and oxygen atoms in total. The largest absolute Gasteiger partial charge is 0.379 e. The third-order valence-electron chi connectivity index (χ3n) is 5.05. The number of ether oxygens (including phenoxy) is 1. The van der Waals surface area contributed by atoms with Crippen LogP contribution in [-0.2, 0) is 14.8 Å². The lowest BCUT2D eigenvalue weighted by Gasteiger charge is -2.27. The lowest BCUT2D eigenvalue weighted by atomic mass is 10.0. The molecule has 2 heterocycles. The second-order valence-electron chi connectivity index (χ2n) is 6.86. The fourth-order valence-corrected chi connectivity index (χ4v) is 6.99. The second kappa shape index (κ2) is 8.77. The van der Waals surface area contributed by atoms with Crippen LogP contribution in [0.3, 0.4) is 0 Å². The van der Waals surface area contributed by atoms with E-state index < -0.39 is 10.0 Å². The molecule has 1 saturated heterocycles. The van der Waals surface area contributed by atoms with Crippen molar-refractivity contribution in [1.29, 1.82) is 0 Å². The molecule has 2 aliphatic rings. The number of sulfonamides is 1. The molecule has 0 spiro atoms. The molecule has 4 rings (SSSR count). The Hall–Kier alpha value is -1.39. The number of fused-ring (bicyclic) bond motifs is 1. The van der Waals surface area contributed by atoms with E-state index in [0.29, 0.717) is 36.3 Å². The van der Waals surface area contributed by atoms with Gasteiger partial charge < -0.3 is 10.1 Å². The van der Waals surface area contributed by atoms with Gasteiger partial charge in [-0.2, -0.15) is 4.31 Å². The van der Waals surface area contributed by atoms with E-state index >= 15 is 0 Å². The number of hydrogen-bond donors (Lipinski definition) is 1. The molecular weight excluding hydrogens is 476 g/mol. The summed E-state index contributed by atoms with van der Waals surface area (Å²) in [6, 6.07) is 12.7. The van der Waals surface area contributed by atoms with Gasteiger partial charge in [-0.1, -0.05) is 18.2 Å². The fraction of sp³-hybridized carbons (Fsp3) is 0.350. The zero-order valence-corrected chi connectivity index (χ0v) is 18.9. The Morgan fingerprint density at radius 3 is 2.72 bits per heavy atom. The first-order valence-corrected chi connectivity index (χ1v) is 12.6. The van der Waals surface area contributed by atoms with E-state index in [1.807, 2.05) is 18.2 Å². The Morgan fingerprint density at radius 1 is 1.17 bits per heavy atom. The van der Waals surface area contributed by atoms with Crippen molar-refractivity contribution >= 4 is 43.6 Å². The van der Waals surface area contributed by atoms with Crippen molar-refractivity contribution in [3.63, 3.8) is 0 Å². The number of nitrogens with one attached hydrogen (secondary N) is 1. The van der Waals surface area contributed by atoms with Gasteiger partial charge in [0.15, 0.2) is 0 Å². The van der Waals surface area contributed by atoms with Gasteiger partial charge in [-0.05, 0) is 52.2 Å². The van der Waals surface area contributed by atoms with Gasteiger partial charge in [0.25, 0.3) is 5.91 Å². The first kappa shape index (κ1) is 20.9. The van der Waals surface area contributed by atoms with Crippen molar-refractivity contribution in [1.82, 2.24) is 9.62 Å². The molecule has 1 amide bonds. The first-order chi connectivity index (χ1) is 14.0. The molecule has 0 aromatic heterocycles. The number of hydrogen-bond acceptors (Lipinski definition) is 5. The van der Waals surface area contributed by atoms with Crippen molar-refractivity contribution in [3.8, 4) is 0 Å². The Kier molecular flexibility index (Phi) is 6.31. The minimum absolute atomic E-state index is 0.0807. The summed E-state index contributed by atoms with van der Waals surface area (Å²) in [7, 11) is -3.71. The van der Waals surface area contributed by atoms with Gasteiger partial charge in [-0.15, -0.1) is 11.8 Å². The molecule has 0 saturated carbocycles. The highest BCUT2D eigenvalue weighted by Gasteiger charge is 2.29. The summed E-state index contributed by atoms with van der Waals surface area (Å²) < 4.78 is 33.2. The zero-order chi connectivity index (χ0) is 20.4. The number of rotatable bonds is 4. The standard InChI is InChI=1S/C20H21BrN2O4S2/c21-16-6-5-14(13-19(16)29(25,26)23-8-10-27-11-9-23)20(24)22-17-7-12-28-18-4-2-1-3-15(17)18/h1-6,13,17H,7-12H2,(H,22,24). The van der Waals surface area contributed by atoms with Gasteiger partial charge in [-0.3, -0.25) is 4.79 Å². The number of thioether (sulfide) groups is 1. The molecule has 29 heavy (non-hydrogen) atoms. The van der Waals surface area contributed by atoms with Gasteiger partial charge >= 0.3 is 0 Å². The molecule has 154 valence electrons. The molecule has 0 bridgehead atoms. The quantitative estimate of drug-likeness (QED) is 0.701. The maximum atomic E-state index is 13.0. The number of morpholine rings is 1. The summed E-state index contributed by atoms with van der Waals surface area (Å²) >= 11 is 5.12. The summed E-state index contributed by atoms with van der Waals surface area (Å²) in [5, 5.41) is 3.07. The molecule has 1 N–H and O–H groups in total. The van der Waals surface area contributed by atoms with Crippen LogP contribution in [0.2, 0.25) is 0 Å². The number of carbonyl (C=O) groups excluding carboxylic acids is 1. The monoisotopic (exact) mass is 496 g/mol. The molecule has 9 heteroatoms. The smallest absolute Gasteiger partial charge is 0.251 e. The van der Waals surface area contributed by atoms with E-state index in [2.05, 4.69) is 27.3 Å². The summed E-state index contributed by atoms with van der Waals surface area (Å²) in [4.78, 5) is 14.2. The van der Waals surface area contributed by atoms with Crippen molar-refractivity contribution in [3.05, 3.63) is 58.1 Å². The molecule has 1 fully saturated rings. The van der Waals surface area contributed by atoms with Crippen LogP contribution in [0.25, 0.3) is 0 Å². The molecule has 0 radical (unpaired) electrons. The van der Waals surface area contributed by atoms with Crippen molar-refractivity contribution in [2.24, 2.45) is 0 Å². The third kappa shape index (κ3) is 4.39. The number of benzene rings is 2. The van der Waals surface area contributed by atoms with Crippen molar-refractivity contribution < 1.29 is 17.9 Å². The predicted octanol–water partition coefficient (Wildman–Crippen LogP) is 3.44. The highest BCUT2D eigenvalue weighted by molar-refractivity contribution is 9.10. The summed E-state index contributed by atoms with van der Waals surface area (Å²) in [6.45, 7) is 1.36. The minimum Gasteiger partial charge on any atom is -0.379 e. The van der Waals surface area contributed by atoms with Gasteiger partial charge in [0.1, 0.15) is 0 Å². The highest BCUT2D eigenvalue weighted by atomic mass is 79.9. The van der Waals surface area contributed by atoms with E-state index in [1.165, 1.54) is 15.3 Å². The Morgan fingerprint density at radius 2 is 1.93 bits per heavy atom. The second-order valence-corrected chi connectivity index (χ2v) is 10.8. The average molecular weight is 497 g/mol. The molecule has 2 aromatic rings. The zero-order valence-electron chi connectivity index (χ0n) is 15.6. The Bertz CT molecular complexity index is 1020. The van der Waals surface area contributed by atoms with Crippen LogP contribution in [0.5, 0.6) is 0 Å². The SMILES string of the molecule is O=C(NC1CCSc2ccccc21)c1ccc(Br)c(S(=O)(=O)N2CCOCC2)c1. The van der Waals surface area contributed by atoms with E-state index in [0.717, 1.165) is 17.7 Å². The lowest BCUT2D eigenvalue weighted by Crippen LogP contribution is -2.40. The average Bonchev–Trinajstić information content (AvgIpc) is 2.75. The maximum absolute atomic E-state index is 13.0. The van der Waals surface area contributed by atoms with Crippen LogP contribution < -0.4 is 5.32 Å². The van der Waals surface area contributed by atoms with Gasteiger partial charge in [0.2, 0.25) is 10.0 Å². The van der Waals surface area contributed by atoms with Crippen LogP contribution in [0.4, 0.5) is 0 Å². The number of halogens is 1. The van der Waals surface area contributed by atoms with Crippen molar-refractivity contribution in [2.75, 3.05) is 32.1 Å². The van der Waals surface area contributed by atoms with Crippen molar-refractivity contribution in [2.45, 2.75) is 22.3 Å². The highest BCUT2D eigenvalue weighted by Crippen LogP contribution is 2.36. The van der Waals surface area contributed by atoms with Crippen LogP contribution in [0.1, 0.15) is 28.4 Å². The van der Waals surface area contributed by atoms with E-state index in [9.17, 15) is 13.2 Å². The number of amides is 1. The van der Waals surface area contributed by atoms with Crippen LogP contribution >= 0.6 is 27.7 Å². The van der Waals surface area contributed by atoms with Crippen LogP contribution in [-0.4, -0.2) is 50.7 Å². The van der Waals surface area contributed by atoms with Crippen LogP contribution in [0, 0.1) is 0 Å². The molecule has 0 aliphatic carbocycles. The Labute approximate surface area is 183 Å². The van der Waals surface area contributed by atoms with E-state index in [1.54, 1.807) is 23.9 Å². The summed E-state index contributed by atoms with van der Waals surface area (Å²) in [5.74, 6) is 0.654. The number of nitrogens with zero attached hydrogens (tertiary/aromatic N) is 1. The summed E-state index contributed by atoms with van der Waals surface area (Å²) in [6.07, 6.45) is 0.836. The fourth-order valence-electron chi connectivity index (χ4n) is 3.50. The first-order valence-electron chi connectivity index (χ1n) is 9.37. The molecule has 1 atom stereocenters. The molecule has 2 aliphatic heterocycles. The predicted molar refractivity (Wildman–Crippen MR) is 116 cm³/mol. The normalized spacial score (nSPS) is 20.1. The summed E-state index contributed by atoms with van der Waals surface area (Å²) in [5.41, 5.74) is 1.44. The minimum atomic E-state index is -3.71. The Balaban J connectivity index is 1.58.